The standard InChI is InChI=1S/C18H26N8O2S4/c19-11(7-29)5-13(27)21-17-25-23-15(31-17)9-2-1-3-10(4-9)16-24-26-18(32-16)22-14(28)6-12(20)8-30/h7,9-12,30H,1-6,8,19-20H2,(H,21,25,27)(H,22,26,28). The van der Waals surface area contributed by atoms with Crippen molar-refractivity contribution in [2.75, 3.05) is 16.4 Å². The van der Waals surface area contributed by atoms with Gasteiger partial charge >= 0.3 is 0 Å². The van der Waals surface area contributed by atoms with Gasteiger partial charge in [-0.1, -0.05) is 41.3 Å². The maximum Gasteiger partial charge on any atom is 0.228 e. The molecule has 0 spiro atoms. The summed E-state index contributed by atoms with van der Waals surface area (Å²) in [6.45, 7) is 0. The molecule has 4 atom stereocenters. The second-order valence-corrected chi connectivity index (χ2v) is 10.4. The maximum atomic E-state index is 12.0. The second kappa shape index (κ2) is 12.0. The molecule has 2 aromatic rings. The number of rotatable bonds is 10. The van der Waals surface area contributed by atoms with Crippen molar-refractivity contribution in [1.82, 2.24) is 20.4 Å². The van der Waals surface area contributed by atoms with Crippen LogP contribution in [0.15, 0.2) is 0 Å². The molecule has 6 N–H and O–H groups in total. The van der Waals surface area contributed by atoms with E-state index in [9.17, 15) is 9.59 Å². The SMILES string of the molecule is NC(C=S)CC(=O)Nc1nnc(C2CCCC(c3nnc(NC(=O)CC(N)CS)s3)C2)s1. The molecule has 0 aromatic carbocycles. The molecular formula is C18H26N8O2S4. The Balaban J connectivity index is 1.56. The van der Waals surface area contributed by atoms with Crippen molar-refractivity contribution < 1.29 is 9.59 Å². The highest BCUT2D eigenvalue weighted by atomic mass is 32.1. The topological polar surface area (TPSA) is 162 Å². The summed E-state index contributed by atoms with van der Waals surface area (Å²) in [6.07, 6.45) is 4.20. The number of carbonyl (C=O) groups excluding carboxylic acids is 2. The van der Waals surface area contributed by atoms with Crippen molar-refractivity contribution in [1.29, 1.82) is 0 Å². The molecular weight excluding hydrogens is 489 g/mol. The number of nitrogens with two attached hydrogens (primary N) is 2. The van der Waals surface area contributed by atoms with Gasteiger partial charge in [-0.05, 0) is 24.6 Å². The highest BCUT2D eigenvalue weighted by Gasteiger charge is 2.29. The Morgan fingerprint density at radius 1 is 1.03 bits per heavy atom. The quantitative estimate of drug-likeness (QED) is 0.236. The van der Waals surface area contributed by atoms with E-state index in [4.69, 9.17) is 23.7 Å². The van der Waals surface area contributed by atoms with E-state index in [-0.39, 0.29) is 42.5 Å². The zero-order valence-electron chi connectivity index (χ0n) is 17.3. The molecule has 0 saturated heterocycles. The first-order chi connectivity index (χ1) is 15.4. The lowest BCUT2D eigenvalue weighted by molar-refractivity contribution is -0.117. The zero-order chi connectivity index (χ0) is 23.1. The van der Waals surface area contributed by atoms with E-state index in [0.29, 0.717) is 16.0 Å². The fourth-order valence-corrected chi connectivity index (χ4v) is 5.48. The van der Waals surface area contributed by atoms with Gasteiger partial charge in [-0.25, -0.2) is 0 Å². The Bertz CT molecular complexity index is 936. The van der Waals surface area contributed by atoms with Crippen LogP contribution in [0.5, 0.6) is 0 Å². The van der Waals surface area contributed by atoms with Crippen molar-refractivity contribution in [3.8, 4) is 0 Å². The molecule has 1 fully saturated rings. The Kier molecular flexibility index (Phi) is 9.43. The largest absolute Gasteiger partial charge is 0.326 e. The number of thiol groups is 1. The van der Waals surface area contributed by atoms with Crippen molar-refractivity contribution >= 4 is 75.0 Å². The van der Waals surface area contributed by atoms with Gasteiger partial charge in [0.25, 0.3) is 0 Å². The first-order valence-corrected chi connectivity index (χ1v) is 13.0. The van der Waals surface area contributed by atoms with Gasteiger partial charge in [0.05, 0.1) is 0 Å². The minimum atomic E-state index is -0.460. The molecule has 4 unspecified atom stereocenters. The number of aromatic nitrogens is 4. The molecule has 2 aromatic heterocycles. The van der Waals surface area contributed by atoms with Crippen LogP contribution in [-0.2, 0) is 9.59 Å². The summed E-state index contributed by atoms with van der Waals surface area (Å²) in [4.78, 5) is 24.0. The number of nitrogens with one attached hydrogen (secondary N) is 2. The monoisotopic (exact) mass is 514 g/mol. The van der Waals surface area contributed by atoms with Gasteiger partial charge in [-0.2, -0.15) is 12.6 Å². The third kappa shape index (κ3) is 7.22. The smallest absolute Gasteiger partial charge is 0.228 e. The van der Waals surface area contributed by atoms with E-state index in [2.05, 4.69) is 43.7 Å². The number of anilines is 2. The first-order valence-electron chi connectivity index (χ1n) is 10.2. The number of hydrogen-bond acceptors (Lipinski definition) is 12. The van der Waals surface area contributed by atoms with Crippen molar-refractivity contribution in [3.05, 3.63) is 10.0 Å². The molecule has 14 heteroatoms. The fourth-order valence-electron chi connectivity index (χ4n) is 3.44. The lowest BCUT2D eigenvalue weighted by Gasteiger charge is -2.25. The lowest BCUT2D eigenvalue weighted by atomic mass is 9.82. The predicted octanol–water partition coefficient (Wildman–Crippen LogP) is 2.07. The minimum absolute atomic E-state index is 0.112. The summed E-state index contributed by atoms with van der Waals surface area (Å²) in [7, 11) is 0. The summed E-state index contributed by atoms with van der Waals surface area (Å²) in [5, 5.41) is 26.4. The van der Waals surface area contributed by atoms with Crippen molar-refractivity contribution in [2.45, 2.75) is 62.4 Å². The average molecular weight is 515 g/mol. The van der Waals surface area contributed by atoms with E-state index in [1.54, 1.807) is 0 Å². The van der Waals surface area contributed by atoms with Crippen LogP contribution in [0.2, 0.25) is 0 Å². The molecule has 3 rings (SSSR count). The molecule has 2 amide bonds. The average Bonchev–Trinajstić information content (AvgIpc) is 3.43. The molecule has 1 aliphatic rings. The Morgan fingerprint density at radius 2 is 1.56 bits per heavy atom. The number of nitrogens with zero attached hydrogens (tertiary/aromatic N) is 4. The summed E-state index contributed by atoms with van der Waals surface area (Å²) in [5.41, 5.74) is 11.4. The second-order valence-electron chi connectivity index (χ2n) is 7.70. The summed E-state index contributed by atoms with van der Waals surface area (Å²) < 4.78 is 0. The molecule has 174 valence electrons. The van der Waals surface area contributed by atoms with E-state index >= 15 is 0 Å². The van der Waals surface area contributed by atoms with Gasteiger partial charge in [-0.3, -0.25) is 9.59 Å². The molecule has 0 bridgehead atoms. The van der Waals surface area contributed by atoms with Gasteiger partial charge in [0, 0.05) is 42.5 Å². The van der Waals surface area contributed by atoms with Crippen LogP contribution in [0.3, 0.4) is 0 Å². The van der Waals surface area contributed by atoms with Crippen LogP contribution in [0.25, 0.3) is 0 Å². The number of amides is 2. The molecule has 32 heavy (non-hydrogen) atoms. The molecule has 0 radical (unpaired) electrons. The number of hydrogen-bond donors (Lipinski definition) is 5. The van der Waals surface area contributed by atoms with Crippen LogP contribution in [-0.4, -0.2) is 55.4 Å². The summed E-state index contributed by atoms with van der Waals surface area (Å²) >= 11 is 11.6. The molecule has 1 aliphatic carbocycles. The van der Waals surface area contributed by atoms with Crippen LogP contribution in [0, 0.1) is 0 Å². The third-order valence-corrected chi connectivity index (χ3v) is 7.85. The fraction of sp³-hybridized carbons (Fsp3) is 0.611. The Labute approximate surface area is 204 Å². The van der Waals surface area contributed by atoms with Crippen LogP contribution in [0.1, 0.15) is 60.4 Å². The predicted molar refractivity (Wildman–Crippen MR) is 134 cm³/mol. The number of carbonyl (C=O) groups is 2. The normalized spacial score (nSPS) is 20.3. The van der Waals surface area contributed by atoms with Gasteiger partial charge in [0.1, 0.15) is 10.0 Å². The molecule has 1 saturated carbocycles. The highest BCUT2D eigenvalue weighted by Crippen LogP contribution is 2.43. The van der Waals surface area contributed by atoms with E-state index in [1.807, 2.05) is 0 Å². The van der Waals surface area contributed by atoms with E-state index < -0.39 is 6.04 Å². The first kappa shape index (κ1) is 25.1. The third-order valence-electron chi connectivity index (χ3n) is 5.02. The zero-order valence-corrected chi connectivity index (χ0v) is 20.6. The maximum absolute atomic E-state index is 12.0. The lowest BCUT2D eigenvalue weighted by Crippen LogP contribution is -2.28. The molecule has 10 nitrogen and oxygen atoms in total. The Morgan fingerprint density at radius 3 is 2.06 bits per heavy atom. The molecule has 0 aliphatic heterocycles. The van der Waals surface area contributed by atoms with Gasteiger partial charge < -0.3 is 22.1 Å². The van der Waals surface area contributed by atoms with Crippen molar-refractivity contribution in [2.24, 2.45) is 11.5 Å². The van der Waals surface area contributed by atoms with Gasteiger partial charge in [-0.15, -0.1) is 20.4 Å². The molecule has 2 heterocycles. The van der Waals surface area contributed by atoms with E-state index in [1.165, 1.54) is 28.0 Å². The summed E-state index contributed by atoms with van der Waals surface area (Å²) in [6, 6.07) is -0.749. The van der Waals surface area contributed by atoms with E-state index in [0.717, 1.165) is 35.7 Å². The highest BCUT2D eigenvalue weighted by molar-refractivity contribution is 7.80. The minimum Gasteiger partial charge on any atom is -0.326 e. The van der Waals surface area contributed by atoms with Crippen LogP contribution < -0.4 is 22.1 Å². The van der Waals surface area contributed by atoms with Gasteiger partial charge in [0.2, 0.25) is 22.1 Å². The Hall–Kier alpha value is -1.58. The van der Waals surface area contributed by atoms with Crippen LogP contribution >= 0.6 is 47.5 Å². The van der Waals surface area contributed by atoms with Gasteiger partial charge in [0.15, 0.2) is 0 Å². The van der Waals surface area contributed by atoms with Crippen molar-refractivity contribution in [3.63, 3.8) is 0 Å². The van der Waals surface area contributed by atoms with Crippen LogP contribution in [0.4, 0.5) is 10.3 Å². The summed E-state index contributed by atoms with van der Waals surface area (Å²) in [5.74, 6) is 0.484. The number of thiocarbonyl (C=S) groups is 1.